The van der Waals surface area contributed by atoms with Gasteiger partial charge in [0.1, 0.15) is 12.4 Å². The van der Waals surface area contributed by atoms with Gasteiger partial charge in [-0.3, -0.25) is 9.59 Å². The van der Waals surface area contributed by atoms with E-state index in [9.17, 15) is 14.0 Å². The largest absolute Gasteiger partial charge is 0.352 e. The van der Waals surface area contributed by atoms with Crippen LogP contribution in [0.1, 0.15) is 44.9 Å². The number of hydrogen-bond donors (Lipinski definition) is 1. The Morgan fingerprint density at radius 2 is 1.83 bits per heavy atom. The second kappa shape index (κ2) is 7.60. The van der Waals surface area contributed by atoms with Gasteiger partial charge in [0, 0.05) is 23.7 Å². The van der Waals surface area contributed by atoms with Crippen molar-refractivity contribution in [2.75, 3.05) is 0 Å². The molecule has 1 N–H and O–H groups in total. The molecular weight excluding hydrogens is 307 g/mol. The first-order chi connectivity index (χ1) is 11.6. The lowest BCUT2D eigenvalue weighted by Gasteiger charge is -2.21. The summed E-state index contributed by atoms with van der Waals surface area (Å²) in [5.74, 6) is -0.508. The molecule has 0 saturated heterocycles. The van der Waals surface area contributed by atoms with Gasteiger partial charge in [-0.1, -0.05) is 32.1 Å². The quantitative estimate of drug-likeness (QED) is 0.938. The first-order valence-corrected chi connectivity index (χ1v) is 8.71. The molecule has 1 saturated carbocycles. The minimum atomic E-state index is -0.448. The fourth-order valence-electron chi connectivity index (χ4n) is 3.45. The molecule has 1 fully saturated rings. The Kier molecular flexibility index (Phi) is 5.28. The van der Waals surface area contributed by atoms with Crippen molar-refractivity contribution in [1.29, 1.82) is 0 Å². The average molecular weight is 330 g/mol. The average Bonchev–Trinajstić information content (AvgIpc) is 2.53. The summed E-state index contributed by atoms with van der Waals surface area (Å²) in [4.78, 5) is 24.3. The fourth-order valence-corrected chi connectivity index (χ4v) is 3.45. The number of carbonyl (C=O) groups is 1. The number of halogens is 1. The van der Waals surface area contributed by atoms with Crippen LogP contribution in [0.25, 0.3) is 10.9 Å². The summed E-state index contributed by atoms with van der Waals surface area (Å²) in [6.45, 7) is 0.138. The van der Waals surface area contributed by atoms with Crippen LogP contribution >= 0.6 is 0 Å². The van der Waals surface area contributed by atoms with Crippen LogP contribution in [0.2, 0.25) is 0 Å². The predicted molar refractivity (Wildman–Crippen MR) is 92.4 cm³/mol. The smallest absolute Gasteiger partial charge is 0.240 e. The number of hydrogen-bond acceptors (Lipinski definition) is 2. The highest BCUT2D eigenvalue weighted by atomic mass is 19.1. The van der Waals surface area contributed by atoms with Crippen molar-refractivity contribution < 1.29 is 9.18 Å². The van der Waals surface area contributed by atoms with Crippen LogP contribution in [0.5, 0.6) is 0 Å². The molecule has 1 aromatic carbocycles. The van der Waals surface area contributed by atoms with E-state index in [1.165, 1.54) is 37.5 Å². The monoisotopic (exact) mass is 330 g/mol. The van der Waals surface area contributed by atoms with Crippen molar-refractivity contribution in [3.63, 3.8) is 0 Å². The Balaban J connectivity index is 1.73. The zero-order chi connectivity index (χ0) is 16.9. The van der Waals surface area contributed by atoms with Crippen molar-refractivity contribution in [3.05, 3.63) is 46.5 Å². The molecule has 128 valence electrons. The summed E-state index contributed by atoms with van der Waals surface area (Å²) in [5.41, 5.74) is 0.345. The second-order valence-electron chi connectivity index (χ2n) is 6.58. The standard InChI is InChI=1S/C19H23FN2O2/c20-14-8-9-17-16(12-14)18(23)10-11-22(17)13-19(24)21-15-6-4-2-1-3-5-7-15/h8-12,15H,1-7,13H2,(H,21,24). The number of aromatic nitrogens is 1. The van der Waals surface area contributed by atoms with Gasteiger partial charge in [0.25, 0.3) is 0 Å². The number of pyridine rings is 1. The van der Waals surface area contributed by atoms with Crippen LogP contribution < -0.4 is 10.7 Å². The van der Waals surface area contributed by atoms with E-state index in [0.29, 0.717) is 10.9 Å². The fraction of sp³-hybridized carbons (Fsp3) is 0.474. The molecule has 1 amide bonds. The first kappa shape index (κ1) is 16.7. The molecule has 4 nitrogen and oxygen atoms in total. The summed E-state index contributed by atoms with van der Waals surface area (Å²) < 4.78 is 15.1. The molecular formula is C19H23FN2O2. The van der Waals surface area contributed by atoms with Gasteiger partial charge >= 0.3 is 0 Å². The van der Waals surface area contributed by atoms with E-state index in [1.807, 2.05) is 0 Å². The zero-order valence-corrected chi connectivity index (χ0v) is 13.8. The van der Waals surface area contributed by atoms with Crippen LogP contribution in [0.3, 0.4) is 0 Å². The molecule has 0 atom stereocenters. The number of nitrogens with zero attached hydrogens (tertiary/aromatic N) is 1. The Hall–Kier alpha value is -2.17. The van der Waals surface area contributed by atoms with Crippen LogP contribution in [-0.4, -0.2) is 16.5 Å². The third kappa shape index (κ3) is 4.02. The molecule has 5 heteroatoms. The molecule has 0 radical (unpaired) electrons. The molecule has 1 aliphatic rings. The predicted octanol–water partition coefficient (Wildman–Crippen LogP) is 3.37. The molecule has 1 heterocycles. The Labute approximate surface area is 140 Å². The molecule has 24 heavy (non-hydrogen) atoms. The van der Waals surface area contributed by atoms with Gasteiger partial charge in [0.05, 0.1) is 5.52 Å². The Morgan fingerprint density at radius 3 is 2.58 bits per heavy atom. The molecule has 0 bridgehead atoms. The van der Waals surface area contributed by atoms with E-state index < -0.39 is 5.82 Å². The van der Waals surface area contributed by atoms with Crippen molar-refractivity contribution in [2.45, 2.75) is 57.5 Å². The van der Waals surface area contributed by atoms with E-state index in [-0.39, 0.29) is 23.9 Å². The minimum absolute atomic E-state index is 0.0603. The molecule has 1 aliphatic carbocycles. The summed E-state index contributed by atoms with van der Waals surface area (Å²) in [6.07, 6.45) is 9.74. The maximum absolute atomic E-state index is 13.4. The van der Waals surface area contributed by atoms with Gasteiger partial charge in [0.15, 0.2) is 5.43 Å². The maximum atomic E-state index is 13.4. The number of nitrogens with one attached hydrogen (secondary N) is 1. The number of carbonyl (C=O) groups excluding carboxylic acids is 1. The lowest BCUT2D eigenvalue weighted by Crippen LogP contribution is -2.37. The van der Waals surface area contributed by atoms with E-state index in [0.717, 1.165) is 25.7 Å². The van der Waals surface area contributed by atoms with Crippen molar-refractivity contribution in [2.24, 2.45) is 0 Å². The topological polar surface area (TPSA) is 51.1 Å². The van der Waals surface area contributed by atoms with Crippen molar-refractivity contribution >= 4 is 16.8 Å². The summed E-state index contributed by atoms with van der Waals surface area (Å²) in [5, 5.41) is 3.42. The van der Waals surface area contributed by atoms with Crippen LogP contribution in [0.4, 0.5) is 4.39 Å². The minimum Gasteiger partial charge on any atom is -0.352 e. The van der Waals surface area contributed by atoms with E-state index in [4.69, 9.17) is 0 Å². The van der Waals surface area contributed by atoms with Gasteiger partial charge in [-0.2, -0.15) is 0 Å². The van der Waals surface area contributed by atoms with Crippen molar-refractivity contribution in [1.82, 2.24) is 9.88 Å². The van der Waals surface area contributed by atoms with Gasteiger partial charge in [-0.15, -0.1) is 0 Å². The number of fused-ring (bicyclic) bond motifs is 1. The maximum Gasteiger partial charge on any atom is 0.240 e. The number of rotatable bonds is 3. The Morgan fingerprint density at radius 1 is 1.12 bits per heavy atom. The van der Waals surface area contributed by atoms with E-state index in [2.05, 4.69) is 5.32 Å². The van der Waals surface area contributed by atoms with Crippen LogP contribution in [-0.2, 0) is 11.3 Å². The summed E-state index contributed by atoms with van der Waals surface area (Å²) in [7, 11) is 0. The van der Waals surface area contributed by atoms with Gasteiger partial charge < -0.3 is 9.88 Å². The lowest BCUT2D eigenvalue weighted by molar-refractivity contribution is -0.122. The molecule has 1 aromatic heterocycles. The van der Waals surface area contributed by atoms with Gasteiger partial charge in [-0.25, -0.2) is 4.39 Å². The Bertz CT molecular complexity index is 777. The molecule has 0 unspecified atom stereocenters. The van der Waals surface area contributed by atoms with Crippen molar-refractivity contribution in [3.8, 4) is 0 Å². The summed E-state index contributed by atoms with van der Waals surface area (Å²) in [6, 6.07) is 5.70. The van der Waals surface area contributed by atoms with Gasteiger partial charge in [-0.05, 0) is 31.0 Å². The molecule has 0 aliphatic heterocycles. The molecule has 0 spiro atoms. The highest BCUT2D eigenvalue weighted by Crippen LogP contribution is 2.17. The highest BCUT2D eigenvalue weighted by Gasteiger charge is 2.15. The lowest BCUT2D eigenvalue weighted by atomic mass is 9.97. The zero-order valence-electron chi connectivity index (χ0n) is 13.8. The van der Waals surface area contributed by atoms with Crippen LogP contribution in [0.15, 0.2) is 35.3 Å². The highest BCUT2D eigenvalue weighted by molar-refractivity contribution is 5.82. The van der Waals surface area contributed by atoms with Crippen LogP contribution in [0, 0.1) is 5.82 Å². The normalized spacial score (nSPS) is 16.5. The first-order valence-electron chi connectivity index (χ1n) is 8.71. The third-order valence-electron chi connectivity index (χ3n) is 4.72. The number of benzene rings is 1. The van der Waals surface area contributed by atoms with E-state index in [1.54, 1.807) is 16.8 Å². The third-order valence-corrected chi connectivity index (χ3v) is 4.72. The SMILES string of the molecule is O=C(Cn1ccc(=O)c2cc(F)ccc21)NC1CCCCCCC1. The van der Waals surface area contributed by atoms with Gasteiger partial charge in [0.2, 0.25) is 5.91 Å². The second-order valence-corrected chi connectivity index (χ2v) is 6.58. The van der Waals surface area contributed by atoms with E-state index >= 15 is 0 Å². The molecule has 3 rings (SSSR count). The number of amides is 1. The molecule has 2 aromatic rings. The summed E-state index contributed by atoms with van der Waals surface area (Å²) >= 11 is 0.